The lowest BCUT2D eigenvalue weighted by molar-refractivity contribution is 0.249. The number of anilines is 1. The van der Waals surface area contributed by atoms with E-state index in [-0.39, 0.29) is 10.9 Å². The molecule has 1 saturated carbocycles. The number of hydrogen-bond donors (Lipinski definition) is 1. The van der Waals surface area contributed by atoms with Crippen molar-refractivity contribution in [2.45, 2.75) is 30.2 Å². The molecule has 0 saturated heterocycles. The normalized spacial score (nSPS) is 16.4. The summed E-state index contributed by atoms with van der Waals surface area (Å²) in [5.74, 6) is 0.298. The summed E-state index contributed by atoms with van der Waals surface area (Å²) < 4.78 is 32.4. The van der Waals surface area contributed by atoms with Crippen molar-refractivity contribution in [2.75, 3.05) is 19.9 Å². The molecule has 1 aliphatic carbocycles. The van der Waals surface area contributed by atoms with E-state index < -0.39 is 10.0 Å². The molecule has 0 spiro atoms. The number of nitrogen functional groups attached to an aromatic ring is 1. The molecule has 1 aromatic rings. The maximum atomic E-state index is 12.6. The first-order valence-electron chi connectivity index (χ1n) is 5.99. The molecule has 1 aromatic carbocycles. The maximum Gasteiger partial charge on any atom is 0.246 e. The van der Waals surface area contributed by atoms with Crippen LogP contribution in [-0.2, 0) is 10.0 Å². The van der Waals surface area contributed by atoms with Crippen LogP contribution in [0, 0.1) is 0 Å². The van der Waals surface area contributed by atoms with Crippen molar-refractivity contribution in [3.05, 3.63) is 16.6 Å². The number of nitrogens with two attached hydrogens (primary N) is 1. The fraction of sp³-hybridized carbons (Fsp3) is 0.500. The minimum absolute atomic E-state index is 0.0829. The number of hydrogen-bond acceptors (Lipinski definition) is 4. The van der Waals surface area contributed by atoms with Crippen molar-refractivity contribution in [2.24, 2.45) is 0 Å². The van der Waals surface area contributed by atoms with Gasteiger partial charge in [0.25, 0.3) is 0 Å². The van der Waals surface area contributed by atoms with Crippen molar-refractivity contribution < 1.29 is 13.2 Å². The number of nitrogens with zero attached hydrogens (tertiary/aromatic N) is 1. The average molecular weight is 349 g/mol. The molecule has 106 valence electrons. The lowest BCUT2D eigenvalue weighted by atomic mass is 9.94. The number of benzene rings is 1. The zero-order chi connectivity index (χ0) is 14.2. The maximum absolute atomic E-state index is 12.6. The highest BCUT2D eigenvalue weighted by molar-refractivity contribution is 9.10. The van der Waals surface area contributed by atoms with Crippen molar-refractivity contribution in [1.82, 2.24) is 4.31 Å². The third-order valence-corrected chi connectivity index (χ3v) is 6.15. The summed E-state index contributed by atoms with van der Waals surface area (Å²) in [4.78, 5) is 0.116. The molecule has 0 heterocycles. The minimum atomic E-state index is -3.57. The Labute approximate surface area is 121 Å². The number of sulfonamides is 1. The van der Waals surface area contributed by atoms with Gasteiger partial charge in [0.05, 0.1) is 7.11 Å². The predicted octanol–water partition coefficient (Wildman–Crippen LogP) is 2.21. The molecule has 0 amide bonds. The van der Waals surface area contributed by atoms with Crippen LogP contribution in [0.1, 0.15) is 19.3 Å². The second-order valence-electron chi connectivity index (χ2n) is 4.63. The molecule has 19 heavy (non-hydrogen) atoms. The predicted molar refractivity (Wildman–Crippen MR) is 77.7 cm³/mol. The molecule has 1 fully saturated rings. The number of methoxy groups -OCH3 is 1. The molecule has 1 aliphatic rings. The Hall–Kier alpha value is -0.790. The molecule has 0 aliphatic heterocycles. The summed E-state index contributed by atoms with van der Waals surface area (Å²) in [5, 5.41) is 0. The molecule has 2 rings (SSSR count). The zero-order valence-corrected chi connectivity index (χ0v) is 13.3. The van der Waals surface area contributed by atoms with Gasteiger partial charge in [0.2, 0.25) is 10.0 Å². The lowest BCUT2D eigenvalue weighted by Gasteiger charge is -2.34. The van der Waals surface area contributed by atoms with Gasteiger partial charge in [0.1, 0.15) is 10.6 Å². The highest BCUT2D eigenvalue weighted by atomic mass is 79.9. The second kappa shape index (κ2) is 5.30. The fourth-order valence-corrected chi connectivity index (χ4v) is 3.92. The molecule has 0 radical (unpaired) electrons. The van der Waals surface area contributed by atoms with Gasteiger partial charge in [-0.05, 0) is 40.9 Å². The zero-order valence-electron chi connectivity index (χ0n) is 10.9. The van der Waals surface area contributed by atoms with Crippen LogP contribution >= 0.6 is 15.9 Å². The van der Waals surface area contributed by atoms with Gasteiger partial charge in [-0.3, -0.25) is 0 Å². The minimum Gasteiger partial charge on any atom is -0.495 e. The highest BCUT2D eigenvalue weighted by Crippen LogP contribution is 2.36. The Balaban J connectivity index is 2.47. The van der Waals surface area contributed by atoms with Gasteiger partial charge in [-0.25, -0.2) is 8.42 Å². The Morgan fingerprint density at radius 3 is 2.53 bits per heavy atom. The number of rotatable bonds is 4. The molecular formula is C12H17BrN2O3S. The van der Waals surface area contributed by atoms with E-state index in [9.17, 15) is 8.42 Å². The van der Waals surface area contributed by atoms with Gasteiger partial charge >= 0.3 is 0 Å². The smallest absolute Gasteiger partial charge is 0.246 e. The second-order valence-corrected chi connectivity index (χ2v) is 7.45. The summed E-state index contributed by atoms with van der Waals surface area (Å²) >= 11 is 3.27. The topological polar surface area (TPSA) is 72.6 Å². The van der Waals surface area contributed by atoms with E-state index >= 15 is 0 Å². The van der Waals surface area contributed by atoms with E-state index in [1.165, 1.54) is 17.5 Å². The standard InChI is InChI=1S/C12H17BrN2O3S/c1-15(8-4-3-5-8)19(16,17)12-7-10(14)9(13)6-11(12)18-2/h6-8H,3-5,14H2,1-2H3. The first-order chi connectivity index (χ1) is 8.87. The van der Waals surface area contributed by atoms with Gasteiger partial charge in [-0.2, -0.15) is 4.31 Å². The van der Waals surface area contributed by atoms with Gasteiger partial charge < -0.3 is 10.5 Å². The fourth-order valence-electron chi connectivity index (χ4n) is 2.01. The van der Waals surface area contributed by atoms with Crippen LogP contribution in [0.5, 0.6) is 5.75 Å². The van der Waals surface area contributed by atoms with Gasteiger partial charge in [-0.15, -0.1) is 0 Å². The Kier molecular flexibility index (Phi) is 4.08. The summed E-state index contributed by atoms with van der Waals surface area (Å²) in [6.07, 6.45) is 2.89. The molecule has 0 bridgehead atoms. The van der Waals surface area contributed by atoms with Gasteiger partial charge in [0, 0.05) is 23.2 Å². The van der Waals surface area contributed by atoms with Crippen molar-refractivity contribution >= 4 is 31.6 Å². The van der Waals surface area contributed by atoms with Crippen molar-refractivity contribution in [3.8, 4) is 5.75 Å². The summed E-state index contributed by atoms with van der Waals surface area (Å²) in [6, 6.07) is 3.10. The average Bonchev–Trinajstić information content (AvgIpc) is 2.29. The van der Waals surface area contributed by atoms with E-state index in [4.69, 9.17) is 10.5 Å². The van der Waals surface area contributed by atoms with Crippen LogP contribution in [0.3, 0.4) is 0 Å². The molecule has 7 heteroatoms. The Morgan fingerprint density at radius 1 is 1.42 bits per heavy atom. The largest absolute Gasteiger partial charge is 0.495 e. The third kappa shape index (κ3) is 2.59. The Bertz CT molecular complexity index is 585. The molecule has 2 N–H and O–H groups in total. The first kappa shape index (κ1) is 14.6. The third-order valence-electron chi connectivity index (χ3n) is 3.53. The van der Waals surface area contributed by atoms with Crippen LogP contribution in [0.25, 0.3) is 0 Å². The summed E-state index contributed by atoms with van der Waals surface area (Å²) in [7, 11) is -0.521. The summed E-state index contributed by atoms with van der Waals surface area (Å²) in [6.45, 7) is 0. The lowest BCUT2D eigenvalue weighted by Crippen LogP contribution is -2.41. The van der Waals surface area contributed by atoms with Crippen molar-refractivity contribution in [3.63, 3.8) is 0 Å². The summed E-state index contributed by atoms with van der Waals surface area (Å²) in [5.41, 5.74) is 6.15. The van der Waals surface area contributed by atoms with E-state index in [1.807, 2.05) is 0 Å². The highest BCUT2D eigenvalue weighted by Gasteiger charge is 2.33. The molecule has 0 unspecified atom stereocenters. The molecular weight excluding hydrogens is 332 g/mol. The van der Waals surface area contributed by atoms with Crippen LogP contribution in [-0.4, -0.2) is 32.9 Å². The van der Waals surface area contributed by atoms with Gasteiger partial charge in [-0.1, -0.05) is 6.42 Å². The Morgan fingerprint density at radius 2 is 2.05 bits per heavy atom. The SMILES string of the molecule is COc1cc(Br)c(N)cc1S(=O)(=O)N(C)C1CCC1. The molecule has 0 atom stereocenters. The van der Waals surface area contributed by atoms with E-state index in [1.54, 1.807) is 13.1 Å². The van der Waals surface area contributed by atoms with Crippen LogP contribution in [0.2, 0.25) is 0 Å². The monoisotopic (exact) mass is 348 g/mol. The van der Waals surface area contributed by atoms with E-state index in [0.29, 0.717) is 15.9 Å². The van der Waals surface area contributed by atoms with Crippen LogP contribution in [0.15, 0.2) is 21.5 Å². The quantitative estimate of drug-likeness (QED) is 0.846. The van der Waals surface area contributed by atoms with E-state index in [0.717, 1.165) is 19.3 Å². The first-order valence-corrected chi connectivity index (χ1v) is 8.22. The van der Waals surface area contributed by atoms with Crippen LogP contribution < -0.4 is 10.5 Å². The van der Waals surface area contributed by atoms with Crippen molar-refractivity contribution in [1.29, 1.82) is 0 Å². The molecule has 5 nitrogen and oxygen atoms in total. The molecule has 0 aromatic heterocycles. The van der Waals surface area contributed by atoms with Gasteiger partial charge in [0.15, 0.2) is 0 Å². The number of ether oxygens (including phenoxy) is 1. The van der Waals surface area contributed by atoms with E-state index in [2.05, 4.69) is 15.9 Å². The van der Waals surface area contributed by atoms with Crippen LogP contribution in [0.4, 0.5) is 5.69 Å². The number of halogens is 1.